The first-order valence-electron chi connectivity index (χ1n) is 13.1. The van der Waals surface area contributed by atoms with Crippen molar-refractivity contribution in [2.75, 3.05) is 19.6 Å². The molecule has 1 amide bonds. The Balaban J connectivity index is 1.72. The normalized spacial score (nSPS) is 22.3. The fourth-order valence-electron chi connectivity index (χ4n) is 5.28. The number of carbonyl (C=O) groups excluding carboxylic acids is 1. The van der Waals surface area contributed by atoms with E-state index in [-0.39, 0.29) is 18.1 Å². The number of fused-ring (bicyclic) bond motifs is 2. The number of aryl methyl sites for hydroxylation is 1. The van der Waals surface area contributed by atoms with Gasteiger partial charge in [0.05, 0.1) is 16.5 Å². The van der Waals surface area contributed by atoms with Crippen LogP contribution in [0.3, 0.4) is 0 Å². The maximum Gasteiger partial charge on any atom is 0.257 e. The van der Waals surface area contributed by atoms with Crippen molar-refractivity contribution in [2.45, 2.75) is 82.3 Å². The van der Waals surface area contributed by atoms with E-state index in [9.17, 15) is 13.2 Å². The third kappa shape index (κ3) is 5.72. The zero-order valence-electron chi connectivity index (χ0n) is 21.0. The Labute approximate surface area is 210 Å². The van der Waals surface area contributed by atoms with Crippen LogP contribution < -0.4 is 4.74 Å². The zero-order chi connectivity index (χ0) is 24.8. The summed E-state index contributed by atoms with van der Waals surface area (Å²) in [5.41, 5.74) is 1.68. The van der Waals surface area contributed by atoms with Gasteiger partial charge in [-0.2, -0.15) is 4.31 Å². The van der Waals surface area contributed by atoms with Crippen LogP contribution in [-0.4, -0.2) is 55.3 Å². The van der Waals surface area contributed by atoms with Gasteiger partial charge in [-0.05, 0) is 74.8 Å². The van der Waals surface area contributed by atoms with Gasteiger partial charge in [-0.25, -0.2) is 8.42 Å². The maximum atomic E-state index is 13.9. The van der Waals surface area contributed by atoms with E-state index < -0.39 is 10.0 Å². The molecule has 2 atom stereocenters. The van der Waals surface area contributed by atoms with Crippen LogP contribution in [0, 0.1) is 0 Å². The van der Waals surface area contributed by atoms with Crippen molar-refractivity contribution in [3.05, 3.63) is 59.7 Å². The minimum Gasteiger partial charge on any atom is -0.488 e. The molecule has 0 radical (unpaired) electrons. The second-order valence-corrected chi connectivity index (χ2v) is 11.5. The zero-order valence-corrected chi connectivity index (χ0v) is 21.8. The summed E-state index contributed by atoms with van der Waals surface area (Å²) in [6, 6.07) is 14.4. The number of para-hydroxylation sites is 1. The number of carbonyl (C=O) groups is 1. The summed E-state index contributed by atoms with van der Waals surface area (Å²) in [5, 5.41) is 0. The number of benzene rings is 2. The summed E-state index contributed by atoms with van der Waals surface area (Å²) in [6.45, 7) is 5.84. The highest BCUT2D eigenvalue weighted by molar-refractivity contribution is 7.89. The molecule has 35 heavy (non-hydrogen) atoms. The number of nitrogens with zero attached hydrogens (tertiary/aromatic N) is 2. The number of hydrogen-bond donors (Lipinski definition) is 0. The van der Waals surface area contributed by atoms with E-state index >= 15 is 0 Å². The lowest BCUT2D eigenvalue weighted by molar-refractivity contribution is 0.0636. The van der Waals surface area contributed by atoms with Gasteiger partial charge in [0.15, 0.2) is 0 Å². The molecule has 1 fully saturated rings. The van der Waals surface area contributed by atoms with E-state index in [1.54, 1.807) is 16.4 Å². The van der Waals surface area contributed by atoms with Gasteiger partial charge in [-0.3, -0.25) is 4.79 Å². The Morgan fingerprint density at radius 1 is 0.914 bits per heavy atom. The van der Waals surface area contributed by atoms with Crippen molar-refractivity contribution in [3.8, 4) is 5.75 Å². The molecule has 4 rings (SSSR count). The van der Waals surface area contributed by atoms with Gasteiger partial charge >= 0.3 is 0 Å². The number of amides is 1. The van der Waals surface area contributed by atoms with Crippen molar-refractivity contribution < 1.29 is 17.9 Å². The molecular weight excluding hydrogens is 460 g/mol. The maximum absolute atomic E-state index is 13.9. The molecule has 7 heteroatoms. The number of rotatable bonds is 5. The van der Waals surface area contributed by atoms with Crippen LogP contribution in [0.4, 0.5) is 0 Å². The van der Waals surface area contributed by atoms with Crippen molar-refractivity contribution in [2.24, 2.45) is 0 Å². The highest BCUT2D eigenvalue weighted by atomic mass is 32.2. The first kappa shape index (κ1) is 25.7. The van der Waals surface area contributed by atoms with Gasteiger partial charge < -0.3 is 9.64 Å². The third-order valence-electron chi connectivity index (χ3n) is 7.21. The summed E-state index contributed by atoms with van der Waals surface area (Å²) in [4.78, 5) is 15.6. The smallest absolute Gasteiger partial charge is 0.257 e. The molecule has 0 unspecified atom stereocenters. The molecule has 0 spiro atoms. The Morgan fingerprint density at radius 2 is 1.63 bits per heavy atom. The molecule has 190 valence electrons. The fraction of sp³-hybridized carbons (Fsp3) is 0.536. The van der Waals surface area contributed by atoms with Crippen LogP contribution in [0.5, 0.6) is 5.75 Å². The number of sulfonamides is 1. The number of hydrogen-bond acceptors (Lipinski definition) is 4. The second-order valence-electron chi connectivity index (χ2n) is 9.62. The fourth-order valence-corrected chi connectivity index (χ4v) is 6.99. The molecule has 6 nitrogen and oxygen atoms in total. The Morgan fingerprint density at radius 3 is 2.37 bits per heavy atom. The minimum atomic E-state index is -3.69. The van der Waals surface area contributed by atoms with Crippen LogP contribution >= 0.6 is 0 Å². The van der Waals surface area contributed by atoms with Gasteiger partial charge in [0, 0.05) is 19.6 Å². The van der Waals surface area contributed by atoms with E-state index in [0.29, 0.717) is 42.3 Å². The summed E-state index contributed by atoms with van der Waals surface area (Å²) in [7, 11) is -3.69. The predicted octanol–water partition coefficient (Wildman–Crippen LogP) is 5.28. The summed E-state index contributed by atoms with van der Waals surface area (Å²) in [5.74, 6) is 0.552. The standard InChI is InChI=1S/C28H38N2O4S/c1-3-19-29-20-9-10-21-30(35(32,33)23-17-15-22(4-2)16-18-23)25-12-6-8-14-27(25)34-26-13-7-5-11-24(26)28(29)31/h5,7,11,13,15-18,25,27H,3-4,6,8-10,12,14,19-21H2,1-2H3/t25-,27+/m1/s1. The minimum absolute atomic E-state index is 0.00382. The van der Waals surface area contributed by atoms with E-state index in [2.05, 4.69) is 13.8 Å². The lowest BCUT2D eigenvalue weighted by Crippen LogP contribution is -2.51. The quantitative estimate of drug-likeness (QED) is 0.563. The van der Waals surface area contributed by atoms with E-state index in [1.807, 2.05) is 41.3 Å². The molecule has 0 aromatic heterocycles. The van der Waals surface area contributed by atoms with E-state index in [4.69, 9.17) is 4.74 Å². The highest BCUT2D eigenvalue weighted by Crippen LogP contribution is 2.33. The average Bonchev–Trinajstić information content (AvgIpc) is 2.88. The summed E-state index contributed by atoms with van der Waals surface area (Å²) in [6.07, 6.45) is 6.39. The number of ether oxygens (including phenoxy) is 1. The van der Waals surface area contributed by atoms with E-state index in [0.717, 1.165) is 50.5 Å². The van der Waals surface area contributed by atoms with Crippen LogP contribution in [0.25, 0.3) is 0 Å². The lowest BCUT2D eigenvalue weighted by atomic mass is 9.92. The summed E-state index contributed by atoms with van der Waals surface area (Å²) < 4.78 is 36.1. The SMILES string of the molecule is CCCN1CCCCN(S(=O)(=O)c2ccc(CC)cc2)[C@@H]2CCCC[C@@H]2Oc2ccccc2C1=O. The molecule has 1 aliphatic carbocycles. The van der Waals surface area contributed by atoms with Gasteiger partial charge in [0.25, 0.3) is 5.91 Å². The Bertz CT molecular complexity index is 1100. The van der Waals surface area contributed by atoms with Crippen LogP contribution in [0.15, 0.2) is 53.4 Å². The summed E-state index contributed by atoms with van der Waals surface area (Å²) >= 11 is 0. The molecule has 2 aromatic rings. The molecule has 2 aromatic carbocycles. The van der Waals surface area contributed by atoms with Crippen molar-refractivity contribution in [3.63, 3.8) is 0 Å². The molecule has 1 aliphatic heterocycles. The molecule has 2 aliphatic rings. The van der Waals surface area contributed by atoms with Crippen molar-refractivity contribution in [1.29, 1.82) is 0 Å². The monoisotopic (exact) mass is 498 g/mol. The van der Waals surface area contributed by atoms with Crippen LogP contribution in [0.1, 0.15) is 74.7 Å². The predicted molar refractivity (Wildman–Crippen MR) is 138 cm³/mol. The van der Waals surface area contributed by atoms with Gasteiger partial charge in [-0.15, -0.1) is 0 Å². The Kier molecular flexibility index (Phi) is 8.50. The van der Waals surface area contributed by atoms with E-state index in [1.165, 1.54) is 0 Å². The Hall–Kier alpha value is -2.38. The van der Waals surface area contributed by atoms with Crippen molar-refractivity contribution in [1.82, 2.24) is 9.21 Å². The molecule has 0 bridgehead atoms. The first-order valence-corrected chi connectivity index (χ1v) is 14.6. The largest absolute Gasteiger partial charge is 0.488 e. The van der Waals surface area contributed by atoms with Crippen LogP contribution in [0.2, 0.25) is 0 Å². The lowest BCUT2D eigenvalue weighted by Gasteiger charge is -2.40. The van der Waals surface area contributed by atoms with Gasteiger partial charge in [-0.1, -0.05) is 44.5 Å². The average molecular weight is 499 g/mol. The molecule has 1 saturated carbocycles. The molecule has 0 N–H and O–H groups in total. The van der Waals surface area contributed by atoms with Crippen molar-refractivity contribution >= 4 is 15.9 Å². The first-order chi connectivity index (χ1) is 17.0. The second kappa shape index (κ2) is 11.6. The topological polar surface area (TPSA) is 66.9 Å². The van der Waals surface area contributed by atoms with Gasteiger partial charge in [0.1, 0.15) is 11.9 Å². The molecule has 1 heterocycles. The molecule has 0 saturated heterocycles. The highest BCUT2D eigenvalue weighted by Gasteiger charge is 2.39. The third-order valence-corrected chi connectivity index (χ3v) is 9.15. The molecular formula is C28H38N2O4S. The van der Waals surface area contributed by atoms with Gasteiger partial charge in [0.2, 0.25) is 10.0 Å². The van der Waals surface area contributed by atoms with Crippen LogP contribution in [-0.2, 0) is 16.4 Å².